The summed E-state index contributed by atoms with van der Waals surface area (Å²) < 4.78 is 5.39. The molecule has 2 rings (SSSR count). The number of nitrogens with zero attached hydrogens (tertiary/aromatic N) is 1. The second-order valence-electron chi connectivity index (χ2n) is 5.74. The third kappa shape index (κ3) is 3.97. The molecule has 5 nitrogen and oxygen atoms in total. The van der Waals surface area contributed by atoms with E-state index < -0.39 is 0 Å². The van der Waals surface area contributed by atoms with Crippen LogP contribution in [0.4, 0.5) is 5.69 Å². The molecule has 1 aromatic rings. The summed E-state index contributed by atoms with van der Waals surface area (Å²) in [7, 11) is 1.75. The van der Waals surface area contributed by atoms with Crippen LogP contribution in [0.2, 0.25) is 0 Å². The van der Waals surface area contributed by atoms with Crippen LogP contribution in [0.5, 0.6) is 5.75 Å². The Balaban J connectivity index is 1.93. The number of nitrogens with one attached hydrogen (secondary N) is 1. The summed E-state index contributed by atoms with van der Waals surface area (Å²) in [5, 5.41) is 2.91. The van der Waals surface area contributed by atoms with E-state index in [1.165, 1.54) is 0 Å². The number of benzene rings is 1. The second kappa shape index (κ2) is 6.61. The van der Waals surface area contributed by atoms with Gasteiger partial charge in [0.1, 0.15) is 5.75 Å². The van der Waals surface area contributed by atoms with Crippen LogP contribution >= 0.6 is 0 Å². The Morgan fingerprint density at radius 2 is 2.19 bits per heavy atom. The maximum absolute atomic E-state index is 11.6. The highest BCUT2D eigenvalue weighted by atomic mass is 16.5. The molecule has 0 aromatic heterocycles. The smallest absolute Gasteiger partial charge is 0.264 e. The van der Waals surface area contributed by atoms with Gasteiger partial charge in [0.2, 0.25) is 5.91 Å². The van der Waals surface area contributed by atoms with Gasteiger partial charge in [-0.25, -0.2) is 0 Å². The molecule has 0 saturated carbocycles. The van der Waals surface area contributed by atoms with Gasteiger partial charge in [0.15, 0.2) is 6.61 Å². The van der Waals surface area contributed by atoms with Crippen molar-refractivity contribution in [3.63, 3.8) is 0 Å². The van der Waals surface area contributed by atoms with Crippen LogP contribution in [0.15, 0.2) is 18.2 Å². The zero-order valence-electron chi connectivity index (χ0n) is 12.8. The average molecular weight is 290 g/mol. The summed E-state index contributed by atoms with van der Waals surface area (Å²) in [4.78, 5) is 24.8. The van der Waals surface area contributed by atoms with Crippen molar-refractivity contribution >= 4 is 17.5 Å². The van der Waals surface area contributed by atoms with E-state index in [-0.39, 0.29) is 18.4 Å². The minimum absolute atomic E-state index is 0.0510. The lowest BCUT2D eigenvalue weighted by atomic mass is 10.1. The van der Waals surface area contributed by atoms with Crippen LogP contribution < -0.4 is 15.0 Å². The summed E-state index contributed by atoms with van der Waals surface area (Å²) in [6.07, 6.45) is 1.29. The highest BCUT2D eigenvalue weighted by molar-refractivity contribution is 5.97. The molecule has 5 heteroatoms. The quantitative estimate of drug-likeness (QED) is 0.898. The number of fused-ring (bicyclic) bond motifs is 1. The Bertz CT molecular complexity index is 540. The van der Waals surface area contributed by atoms with E-state index >= 15 is 0 Å². The Hall–Kier alpha value is -2.04. The molecule has 0 atom stereocenters. The van der Waals surface area contributed by atoms with Gasteiger partial charge in [-0.15, -0.1) is 0 Å². The molecular weight excluding hydrogens is 268 g/mol. The van der Waals surface area contributed by atoms with Crippen LogP contribution in [-0.2, 0) is 16.0 Å². The first kappa shape index (κ1) is 15.4. The number of carbonyl (C=O) groups excluding carboxylic acids is 2. The molecule has 21 heavy (non-hydrogen) atoms. The van der Waals surface area contributed by atoms with Crippen molar-refractivity contribution in [3.05, 3.63) is 23.8 Å². The van der Waals surface area contributed by atoms with Crippen molar-refractivity contribution in [3.8, 4) is 5.75 Å². The molecule has 0 aliphatic carbocycles. The number of hydrogen-bond acceptors (Lipinski definition) is 3. The number of hydrogen-bond donors (Lipinski definition) is 1. The van der Waals surface area contributed by atoms with Gasteiger partial charge >= 0.3 is 0 Å². The lowest BCUT2D eigenvalue weighted by molar-refractivity contribution is -0.122. The van der Waals surface area contributed by atoms with Gasteiger partial charge in [-0.05, 0) is 30.0 Å². The van der Waals surface area contributed by atoms with Crippen LogP contribution in [0.3, 0.4) is 0 Å². The van der Waals surface area contributed by atoms with E-state index in [0.29, 0.717) is 18.9 Å². The molecule has 1 aliphatic heterocycles. The number of amides is 2. The van der Waals surface area contributed by atoms with E-state index in [1.54, 1.807) is 11.9 Å². The summed E-state index contributed by atoms with van der Waals surface area (Å²) >= 11 is 0. The Morgan fingerprint density at radius 3 is 2.90 bits per heavy atom. The molecule has 0 fully saturated rings. The summed E-state index contributed by atoms with van der Waals surface area (Å²) in [6, 6.07) is 5.79. The number of carbonyl (C=O) groups is 2. The highest BCUT2D eigenvalue weighted by Crippen LogP contribution is 2.31. The monoisotopic (exact) mass is 290 g/mol. The number of rotatable bonds is 5. The number of likely N-dealkylation sites (N-methyl/N-ethyl adjacent to an activating group) is 1. The lowest BCUT2D eigenvalue weighted by Gasteiger charge is -2.26. The first-order valence-corrected chi connectivity index (χ1v) is 7.26. The lowest BCUT2D eigenvalue weighted by Crippen LogP contribution is -2.35. The number of anilines is 1. The Labute approximate surface area is 125 Å². The van der Waals surface area contributed by atoms with Gasteiger partial charge in [0.05, 0.1) is 5.69 Å². The molecule has 114 valence electrons. The van der Waals surface area contributed by atoms with Gasteiger partial charge in [-0.2, -0.15) is 0 Å². The van der Waals surface area contributed by atoms with Crippen LogP contribution in [0.1, 0.15) is 25.8 Å². The molecule has 1 aliphatic rings. The predicted molar refractivity (Wildman–Crippen MR) is 81.5 cm³/mol. The fourth-order valence-electron chi connectivity index (χ4n) is 2.26. The molecule has 0 radical (unpaired) electrons. The zero-order valence-corrected chi connectivity index (χ0v) is 12.8. The molecule has 0 unspecified atom stereocenters. The molecule has 1 aromatic carbocycles. The zero-order chi connectivity index (χ0) is 15.4. The minimum atomic E-state index is -0.0510. The standard InChI is InChI=1S/C16H22N2O3/c1-11(2)8-15(19)17-7-6-12-4-5-14-13(9-12)18(3)16(20)10-21-14/h4-5,9,11H,6-8,10H2,1-3H3,(H,17,19). The molecule has 0 spiro atoms. The van der Waals surface area contributed by atoms with Gasteiger partial charge in [-0.3, -0.25) is 9.59 Å². The second-order valence-corrected chi connectivity index (χ2v) is 5.74. The van der Waals surface area contributed by atoms with E-state index in [2.05, 4.69) is 5.32 Å². The highest BCUT2D eigenvalue weighted by Gasteiger charge is 2.22. The molecule has 0 bridgehead atoms. The summed E-state index contributed by atoms with van der Waals surface area (Å²) in [5.74, 6) is 1.12. The minimum Gasteiger partial charge on any atom is -0.482 e. The van der Waals surface area contributed by atoms with Gasteiger partial charge in [0.25, 0.3) is 5.91 Å². The van der Waals surface area contributed by atoms with E-state index in [1.807, 2.05) is 32.0 Å². The van der Waals surface area contributed by atoms with Crippen LogP contribution in [0, 0.1) is 5.92 Å². The third-order valence-corrected chi connectivity index (χ3v) is 3.44. The predicted octanol–water partition coefficient (Wildman–Crippen LogP) is 1.75. The average Bonchev–Trinajstić information content (AvgIpc) is 2.42. The van der Waals surface area contributed by atoms with Gasteiger partial charge < -0.3 is 15.0 Å². The van der Waals surface area contributed by atoms with E-state index in [4.69, 9.17) is 4.74 Å². The largest absolute Gasteiger partial charge is 0.482 e. The summed E-state index contributed by atoms with van der Waals surface area (Å²) in [6.45, 7) is 4.74. The van der Waals surface area contributed by atoms with Crippen molar-refractivity contribution in [2.45, 2.75) is 26.7 Å². The Kier molecular flexibility index (Phi) is 4.83. The maximum atomic E-state index is 11.6. The maximum Gasteiger partial charge on any atom is 0.264 e. The topological polar surface area (TPSA) is 58.6 Å². The normalized spacial score (nSPS) is 13.9. The first-order valence-electron chi connectivity index (χ1n) is 7.26. The SMILES string of the molecule is CC(C)CC(=O)NCCc1ccc2c(c1)N(C)C(=O)CO2. The van der Waals surface area contributed by atoms with Crippen LogP contribution in [0.25, 0.3) is 0 Å². The van der Waals surface area contributed by atoms with Crippen molar-refractivity contribution < 1.29 is 14.3 Å². The fourth-order valence-corrected chi connectivity index (χ4v) is 2.26. The molecular formula is C16H22N2O3. The van der Waals surface area contributed by atoms with Crippen molar-refractivity contribution in [1.82, 2.24) is 5.32 Å². The molecule has 2 amide bonds. The van der Waals surface area contributed by atoms with Crippen LogP contribution in [-0.4, -0.2) is 32.0 Å². The fraction of sp³-hybridized carbons (Fsp3) is 0.500. The van der Waals surface area contributed by atoms with Crippen molar-refractivity contribution in [2.24, 2.45) is 5.92 Å². The van der Waals surface area contributed by atoms with Crippen molar-refractivity contribution in [2.75, 3.05) is 25.1 Å². The molecule has 0 saturated heterocycles. The Morgan fingerprint density at radius 1 is 1.43 bits per heavy atom. The molecule has 1 N–H and O–H groups in total. The first-order chi connectivity index (χ1) is 9.97. The molecule has 1 heterocycles. The summed E-state index contributed by atoms with van der Waals surface area (Å²) in [5.41, 5.74) is 1.86. The van der Waals surface area contributed by atoms with Crippen molar-refractivity contribution in [1.29, 1.82) is 0 Å². The number of ether oxygens (including phenoxy) is 1. The van der Waals surface area contributed by atoms with Gasteiger partial charge in [-0.1, -0.05) is 19.9 Å². The van der Waals surface area contributed by atoms with Gasteiger partial charge in [0, 0.05) is 20.0 Å². The third-order valence-electron chi connectivity index (χ3n) is 3.44. The van der Waals surface area contributed by atoms with E-state index in [9.17, 15) is 9.59 Å². The van der Waals surface area contributed by atoms with E-state index in [0.717, 1.165) is 23.4 Å².